The van der Waals surface area contributed by atoms with Gasteiger partial charge in [0.15, 0.2) is 0 Å². The second-order valence-corrected chi connectivity index (χ2v) is 5.76. The summed E-state index contributed by atoms with van der Waals surface area (Å²) in [4.78, 5) is 13.5. The quantitative estimate of drug-likeness (QED) is 0.887. The number of hydrogen-bond acceptors (Lipinski definition) is 3. The molecular formula is C13H15BrClNO3. The van der Waals surface area contributed by atoms with E-state index in [1.54, 1.807) is 6.07 Å². The topological polar surface area (TPSA) is 49.8 Å². The normalized spacial score (nSPS) is 15.7. The number of likely N-dealkylation sites (tertiary alicyclic amines) is 1. The van der Waals surface area contributed by atoms with Crippen LogP contribution in [0.4, 0.5) is 0 Å². The zero-order valence-electron chi connectivity index (χ0n) is 10.4. The van der Waals surface area contributed by atoms with Gasteiger partial charge in [-0.1, -0.05) is 11.6 Å². The van der Waals surface area contributed by atoms with Crippen LogP contribution in [0.1, 0.15) is 23.2 Å². The van der Waals surface area contributed by atoms with Crippen molar-refractivity contribution < 1.29 is 14.6 Å². The van der Waals surface area contributed by atoms with E-state index in [4.69, 9.17) is 21.4 Å². The van der Waals surface area contributed by atoms with Gasteiger partial charge < -0.3 is 9.84 Å². The summed E-state index contributed by atoms with van der Waals surface area (Å²) < 4.78 is 6.19. The number of carbonyl (C=O) groups is 1. The average Bonchev–Trinajstić information content (AvgIpc) is 2.84. The lowest BCUT2D eigenvalue weighted by molar-refractivity contribution is 0.0691. The lowest BCUT2D eigenvalue weighted by atomic mass is 10.2. The molecule has 1 aliphatic rings. The van der Waals surface area contributed by atoms with E-state index in [2.05, 4.69) is 20.8 Å². The fourth-order valence-electron chi connectivity index (χ4n) is 2.15. The highest BCUT2D eigenvalue weighted by Crippen LogP contribution is 2.32. The molecule has 0 aliphatic carbocycles. The molecule has 1 saturated heterocycles. The van der Waals surface area contributed by atoms with Gasteiger partial charge in [0.05, 0.1) is 4.47 Å². The van der Waals surface area contributed by atoms with Gasteiger partial charge in [0.25, 0.3) is 0 Å². The smallest absolute Gasteiger partial charge is 0.339 e. The molecule has 0 amide bonds. The SMILES string of the molecule is O=C(O)c1cc(Cl)cc(Br)c1OCCN1CCCC1. The lowest BCUT2D eigenvalue weighted by Gasteiger charge is -2.16. The standard InChI is InChI=1S/C13H15BrClNO3/c14-11-8-9(15)7-10(13(17)18)12(11)19-6-5-16-3-1-2-4-16/h7-8H,1-6H2,(H,17,18). The van der Waals surface area contributed by atoms with Crippen LogP contribution in [0.5, 0.6) is 5.75 Å². The van der Waals surface area contributed by atoms with Crippen LogP contribution in [0.3, 0.4) is 0 Å². The van der Waals surface area contributed by atoms with Crippen molar-refractivity contribution in [2.75, 3.05) is 26.2 Å². The maximum atomic E-state index is 11.2. The van der Waals surface area contributed by atoms with Crippen molar-refractivity contribution in [2.24, 2.45) is 0 Å². The lowest BCUT2D eigenvalue weighted by Crippen LogP contribution is -2.25. The van der Waals surface area contributed by atoms with E-state index in [9.17, 15) is 4.79 Å². The van der Waals surface area contributed by atoms with Crippen LogP contribution in [0.25, 0.3) is 0 Å². The Labute approximate surface area is 125 Å². The molecule has 0 radical (unpaired) electrons. The number of hydrogen-bond donors (Lipinski definition) is 1. The molecule has 1 aliphatic heterocycles. The van der Waals surface area contributed by atoms with Gasteiger partial charge in [-0.15, -0.1) is 0 Å². The minimum atomic E-state index is -1.04. The van der Waals surface area contributed by atoms with Crippen molar-refractivity contribution in [3.8, 4) is 5.75 Å². The largest absolute Gasteiger partial charge is 0.490 e. The third kappa shape index (κ3) is 3.84. The minimum absolute atomic E-state index is 0.0841. The molecule has 1 aromatic rings. The van der Waals surface area contributed by atoms with E-state index in [1.165, 1.54) is 18.9 Å². The molecule has 0 atom stereocenters. The second kappa shape index (κ2) is 6.59. The van der Waals surface area contributed by atoms with E-state index in [0.29, 0.717) is 21.9 Å². The molecule has 6 heteroatoms. The Bertz CT molecular complexity index is 475. The van der Waals surface area contributed by atoms with Gasteiger partial charge in [-0.2, -0.15) is 0 Å². The molecule has 19 heavy (non-hydrogen) atoms. The van der Waals surface area contributed by atoms with E-state index in [1.807, 2.05) is 0 Å². The second-order valence-electron chi connectivity index (χ2n) is 4.47. The Hall–Kier alpha value is -0.780. The Morgan fingerprint density at radius 2 is 2.11 bits per heavy atom. The van der Waals surface area contributed by atoms with E-state index in [0.717, 1.165) is 19.6 Å². The van der Waals surface area contributed by atoms with Gasteiger partial charge in [-0.3, -0.25) is 4.90 Å². The molecule has 2 rings (SSSR count). The molecule has 4 nitrogen and oxygen atoms in total. The van der Waals surface area contributed by atoms with Gasteiger partial charge >= 0.3 is 5.97 Å². The zero-order chi connectivity index (χ0) is 13.8. The van der Waals surface area contributed by atoms with Crippen LogP contribution in [0, 0.1) is 0 Å². The Morgan fingerprint density at radius 1 is 1.42 bits per heavy atom. The van der Waals surface area contributed by atoms with E-state index >= 15 is 0 Å². The number of carboxylic acids is 1. The monoisotopic (exact) mass is 347 g/mol. The molecule has 0 bridgehead atoms. The fourth-order valence-corrected chi connectivity index (χ4v) is 3.07. The molecule has 1 aromatic carbocycles. The summed E-state index contributed by atoms with van der Waals surface area (Å²) in [6.45, 7) is 3.47. The van der Waals surface area contributed by atoms with Gasteiger partial charge in [0.2, 0.25) is 0 Å². The molecular weight excluding hydrogens is 334 g/mol. The van der Waals surface area contributed by atoms with Crippen molar-refractivity contribution in [3.05, 3.63) is 27.2 Å². The van der Waals surface area contributed by atoms with Crippen LogP contribution in [-0.4, -0.2) is 42.2 Å². The summed E-state index contributed by atoms with van der Waals surface area (Å²) in [5, 5.41) is 9.53. The Morgan fingerprint density at radius 3 is 2.74 bits per heavy atom. The Kier molecular flexibility index (Phi) is 5.07. The predicted octanol–water partition coefficient (Wildman–Crippen LogP) is 3.28. The first-order chi connectivity index (χ1) is 9.08. The highest BCUT2D eigenvalue weighted by atomic mass is 79.9. The number of carboxylic acid groups (broad SMARTS) is 1. The van der Waals surface area contributed by atoms with Crippen LogP contribution in [0.2, 0.25) is 5.02 Å². The van der Waals surface area contributed by atoms with Crippen LogP contribution >= 0.6 is 27.5 Å². The summed E-state index contributed by atoms with van der Waals surface area (Å²) >= 11 is 9.14. The molecule has 1 N–H and O–H groups in total. The number of benzene rings is 1. The van der Waals surface area contributed by atoms with Crippen LogP contribution in [0.15, 0.2) is 16.6 Å². The number of rotatable bonds is 5. The van der Waals surface area contributed by atoms with Crippen molar-refractivity contribution in [1.82, 2.24) is 4.90 Å². The first kappa shape index (κ1) is 14.6. The van der Waals surface area contributed by atoms with Crippen molar-refractivity contribution in [1.29, 1.82) is 0 Å². The number of halogens is 2. The Balaban J connectivity index is 2.03. The fraction of sp³-hybridized carbons (Fsp3) is 0.462. The summed E-state index contributed by atoms with van der Waals surface area (Å²) in [5.41, 5.74) is 0.0841. The summed E-state index contributed by atoms with van der Waals surface area (Å²) in [6, 6.07) is 3.04. The average molecular weight is 349 g/mol. The molecule has 1 fully saturated rings. The molecule has 1 heterocycles. The summed E-state index contributed by atoms with van der Waals surface area (Å²) in [5.74, 6) is -0.699. The predicted molar refractivity (Wildman–Crippen MR) is 77.3 cm³/mol. The summed E-state index contributed by atoms with van der Waals surface area (Å²) in [7, 11) is 0. The molecule has 0 unspecified atom stereocenters. The van der Waals surface area contributed by atoms with E-state index < -0.39 is 5.97 Å². The summed E-state index contributed by atoms with van der Waals surface area (Å²) in [6.07, 6.45) is 2.45. The number of ether oxygens (including phenoxy) is 1. The van der Waals surface area contributed by atoms with Crippen molar-refractivity contribution in [3.63, 3.8) is 0 Å². The van der Waals surface area contributed by atoms with Crippen LogP contribution in [-0.2, 0) is 0 Å². The third-order valence-corrected chi connectivity index (χ3v) is 3.90. The highest BCUT2D eigenvalue weighted by Gasteiger charge is 2.17. The minimum Gasteiger partial charge on any atom is -0.490 e. The van der Waals surface area contributed by atoms with Crippen molar-refractivity contribution in [2.45, 2.75) is 12.8 Å². The number of nitrogens with zero attached hydrogens (tertiary/aromatic N) is 1. The van der Waals surface area contributed by atoms with Gasteiger partial charge in [0, 0.05) is 11.6 Å². The van der Waals surface area contributed by atoms with Gasteiger partial charge in [-0.05, 0) is 54.0 Å². The highest BCUT2D eigenvalue weighted by molar-refractivity contribution is 9.10. The number of aromatic carboxylic acids is 1. The van der Waals surface area contributed by atoms with Crippen molar-refractivity contribution >= 4 is 33.5 Å². The van der Waals surface area contributed by atoms with Gasteiger partial charge in [-0.25, -0.2) is 4.79 Å². The molecule has 0 spiro atoms. The maximum Gasteiger partial charge on any atom is 0.339 e. The molecule has 0 saturated carbocycles. The van der Waals surface area contributed by atoms with Gasteiger partial charge in [0.1, 0.15) is 17.9 Å². The third-order valence-electron chi connectivity index (χ3n) is 3.09. The molecule has 104 valence electrons. The maximum absolute atomic E-state index is 11.2. The van der Waals surface area contributed by atoms with Crippen LogP contribution < -0.4 is 4.74 Å². The zero-order valence-corrected chi connectivity index (χ0v) is 12.7. The molecule has 0 aromatic heterocycles. The van der Waals surface area contributed by atoms with E-state index in [-0.39, 0.29) is 5.56 Å². The first-order valence-electron chi connectivity index (χ1n) is 6.15. The first-order valence-corrected chi connectivity index (χ1v) is 7.32.